The molecule has 2 aliphatic rings. The first-order valence-corrected chi connectivity index (χ1v) is 10.5. The first-order chi connectivity index (χ1) is 13.6. The number of nitrogens with one attached hydrogen (secondary N) is 3. The van der Waals surface area contributed by atoms with Gasteiger partial charge in [-0.2, -0.15) is 0 Å². The Hall–Kier alpha value is -2.19. The standard InChI is InChI=1S/C20H23BrN4O3/c21-16-9-14(24-20(27)17-10-18(28-25-17)13-1-2-13)3-4-15(16)19(26)23-11-12-5-7-22-8-6-12/h3-4,9-10,12-13,22H,1-2,5-8,11H2,(H,23,26)(H,24,27). The number of hydrogen-bond acceptors (Lipinski definition) is 5. The third-order valence-corrected chi connectivity index (χ3v) is 5.88. The van der Waals surface area contributed by atoms with Crippen molar-refractivity contribution in [3.63, 3.8) is 0 Å². The van der Waals surface area contributed by atoms with Crippen LogP contribution in [0.15, 0.2) is 33.3 Å². The van der Waals surface area contributed by atoms with Gasteiger partial charge in [0.25, 0.3) is 11.8 Å². The largest absolute Gasteiger partial charge is 0.360 e. The second-order valence-corrected chi connectivity index (χ2v) is 8.30. The number of rotatable bonds is 6. The van der Waals surface area contributed by atoms with E-state index in [0.29, 0.717) is 34.1 Å². The van der Waals surface area contributed by atoms with Crippen LogP contribution < -0.4 is 16.0 Å². The average Bonchev–Trinajstić information content (AvgIpc) is 3.43. The molecule has 0 unspecified atom stereocenters. The highest BCUT2D eigenvalue weighted by atomic mass is 79.9. The second-order valence-electron chi connectivity index (χ2n) is 7.44. The Morgan fingerprint density at radius 2 is 1.93 bits per heavy atom. The minimum Gasteiger partial charge on any atom is -0.360 e. The highest BCUT2D eigenvalue weighted by Gasteiger charge is 2.29. The van der Waals surface area contributed by atoms with Crippen LogP contribution in [0.4, 0.5) is 5.69 Å². The first-order valence-electron chi connectivity index (χ1n) is 9.66. The van der Waals surface area contributed by atoms with Crippen LogP contribution >= 0.6 is 15.9 Å². The van der Waals surface area contributed by atoms with E-state index in [1.807, 2.05) is 0 Å². The van der Waals surface area contributed by atoms with E-state index in [1.54, 1.807) is 24.3 Å². The molecule has 1 saturated carbocycles. The summed E-state index contributed by atoms with van der Waals surface area (Å²) >= 11 is 3.44. The van der Waals surface area contributed by atoms with Crippen molar-refractivity contribution in [2.45, 2.75) is 31.6 Å². The Kier molecular flexibility index (Phi) is 5.77. The zero-order chi connectivity index (χ0) is 19.5. The van der Waals surface area contributed by atoms with Gasteiger partial charge < -0.3 is 20.5 Å². The predicted octanol–water partition coefficient (Wildman–Crippen LogP) is 3.30. The van der Waals surface area contributed by atoms with E-state index in [2.05, 4.69) is 37.0 Å². The number of carbonyl (C=O) groups excluding carboxylic acids is 2. The molecule has 2 heterocycles. The van der Waals surface area contributed by atoms with Crippen molar-refractivity contribution in [1.82, 2.24) is 15.8 Å². The number of aromatic nitrogens is 1. The normalized spacial score (nSPS) is 17.3. The third-order valence-electron chi connectivity index (χ3n) is 5.22. The predicted molar refractivity (Wildman–Crippen MR) is 109 cm³/mol. The van der Waals surface area contributed by atoms with Crippen molar-refractivity contribution >= 4 is 33.4 Å². The van der Waals surface area contributed by atoms with Crippen molar-refractivity contribution in [1.29, 1.82) is 0 Å². The molecule has 0 spiro atoms. The Morgan fingerprint density at radius 1 is 1.14 bits per heavy atom. The molecule has 1 aliphatic heterocycles. The topological polar surface area (TPSA) is 96.3 Å². The van der Waals surface area contributed by atoms with Crippen LogP contribution in [-0.2, 0) is 0 Å². The number of anilines is 1. The van der Waals surface area contributed by atoms with E-state index >= 15 is 0 Å². The summed E-state index contributed by atoms with van der Waals surface area (Å²) in [7, 11) is 0. The molecule has 148 valence electrons. The number of carbonyl (C=O) groups is 2. The van der Waals surface area contributed by atoms with E-state index in [1.165, 1.54) is 0 Å². The van der Waals surface area contributed by atoms with Crippen molar-refractivity contribution < 1.29 is 14.1 Å². The molecule has 1 aromatic carbocycles. The van der Waals surface area contributed by atoms with Gasteiger partial charge in [0.1, 0.15) is 5.76 Å². The Labute approximate surface area is 171 Å². The summed E-state index contributed by atoms with van der Waals surface area (Å²) in [5.74, 6) is 1.25. The highest BCUT2D eigenvalue weighted by Crippen LogP contribution is 2.40. The molecule has 1 aliphatic carbocycles. The van der Waals surface area contributed by atoms with Gasteiger partial charge in [-0.1, -0.05) is 5.16 Å². The summed E-state index contributed by atoms with van der Waals surface area (Å²) in [6.45, 7) is 2.69. The molecule has 3 N–H and O–H groups in total. The smallest absolute Gasteiger partial charge is 0.277 e. The van der Waals surface area contributed by atoms with Crippen molar-refractivity contribution in [3.8, 4) is 0 Å². The molecule has 0 radical (unpaired) electrons. The molecule has 2 fully saturated rings. The first kappa shape index (κ1) is 19.1. The SMILES string of the molecule is O=C(Nc1ccc(C(=O)NCC2CCNCC2)c(Br)c1)c1cc(C2CC2)on1. The summed E-state index contributed by atoms with van der Waals surface area (Å²) in [6, 6.07) is 6.84. The lowest BCUT2D eigenvalue weighted by atomic mass is 9.98. The monoisotopic (exact) mass is 446 g/mol. The number of amides is 2. The fourth-order valence-corrected chi connectivity index (χ4v) is 3.91. The maximum atomic E-state index is 12.5. The Morgan fingerprint density at radius 3 is 2.64 bits per heavy atom. The van der Waals surface area contributed by atoms with E-state index in [4.69, 9.17) is 4.52 Å². The van der Waals surface area contributed by atoms with Crippen LogP contribution in [0, 0.1) is 5.92 Å². The van der Waals surface area contributed by atoms with Crippen LogP contribution in [0.1, 0.15) is 58.2 Å². The van der Waals surface area contributed by atoms with E-state index < -0.39 is 0 Å². The molecule has 0 atom stereocenters. The van der Waals surface area contributed by atoms with Gasteiger partial charge in [0.2, 0.25) is 0 Å². The molecular weight excluding hydrogens is 424 g/mol. The molecule has 8 heteroatoms. The molecule has 1 aromatic heterocycles. The van der Waals surface area contributed by atoms with Gasteiger partial charge in [0, 0.05) is 28.7 Å². The number of halogens is 1. The Bertz CT molecular complexity index is 872. The lowest BCUT2D eigenvalue weighted by molar-refractivity contribution is 0.0943. The fraction of sp³-hybridized carbons (Fsp3) is 0.450. The van der Waals surface area contributed by atoms with Gasteiger partial charge in [0.15, 0.2) is 5.69 Å². The molecule has 28 heavy (non-hydrogen) atoms. The third kappa shape index (κ3) is 4.62. The number of piperidine rings is 1. The zero-order valence-electron chi connectivity index (χ0n) is 15.5. The van der Waals surface area contributed by atoms with E-state index in [0.717, 1.165) is 44.5 Å². The van der Waals surface area contributed by atoms with Gasteiger partial charge in [-0.25, -0.2) is 0 Å². The van der Waals surface area contributed by atoms with Gasteiger partial charge in [-0.05, 0) is 78.8 Å². The summed E-state index contributed by atoms with van der Waals surface area (Å²) in [4.78, 5) is 24.8. The second kappa shape index (κ2) is 8.45. The minimum absolute atomic E-state index is 0.117. The highest BCUT2D eigenvalue weighted by molar-refractivity contribution is 9.10. The molecule has 7 nitrogen and oxygen atoms in total. The summed E-state index contributed by atoms with van der Waals surface area (Å²) in [6.07, 6.45) is 4.34. The number of hydrogen-bond donors (Lipinski definition) is 3. The van der Waals surface area contributed by atoms with Crippen molar-refractivity contribution in [2.75, 3.05) is 25.0 Å². The van der Waals surface area contributed by atoms with Gasteiger partial charge in [0.05, 0.1) is 5.56 Å². The Balaban J connectivity index is 1.34. The number of nitrogens with zero attached hydrogens (tertiary/aromatic N) is 1. The molecule has 0 bridgehead atoms. The van der Waals surface area contributed by atoms with Crippen LogP contribution in [0.3, 0.4) is 0 Å². The van der Waals surface area contributed by atoms with Crippen LogP contribution in [0.25, 0.3) is 0 Å². The molecule has 1 saturated heterocycles. The van der Waals surface area contributed by atoms with Crippen LogP contribution in [-0.4, -0.2) is 36.6 Å². The summed E-state index contributed by atoms with van der Waals surface area (Å²) in [5.41, 5.74) is 1.40. The number of benzene rings is 1. The summed E-state index contributed by atoms with van der Waals surface area (Å²) < 4.78 is 5.85. The van der Waals surface area contributed by atoms with Crippen LogP contribution in [0.5, 0.6) is 0 Å². The minimum atomic E-state index is -0.328. The van der Waals surface area contributed by atoms with Crippen molar-refractivity contribution in [3.05, 3.63) is 45.8 Å². The quantitative estimate of drug-likeness (QED) is 0.632. The van der Waals surface area contributed by atoms with E-state index in [-0.39, 0.29) is 17.5 Å². The lowest BCUT2D eigenvalue weighted by Gasteiger charge is -2.22. The lowest BCUT2D eigenvalue weighted by Crippen LogP contribution is -2.36. The van der Waals surface area contributed by atoms with E-state index in [9.17, 15) is 9.59 Å². The molecular formula is C20H23BrN4O3. The van der Waals surface area contributed by atoms with Gasteiger partial charge >= 0.3 is 0 Å². The van der Waals surface area contributed by atoms with Gasteiger partial charge in [-0.3, -0.25) is 9.59 Å². The maximum Gasteiger partial charge on any atom is 0.277 e. The van der Waals surface area contributed by atoms with Crippen LogP contribution in [0.2, 0.25) is 0 Å². The van der Waals surface area contributed by atoms with Gasteiger partial charge in [-0.15, -0.1) is 0 Å². The maximum absolute atomic E-state index is 12.5. The average molecular weight is 447 g/mol. The molecule has 2 amide bonds. The van der Waals surface area contributed by atoms with Crippen molar-refractivity contribution in [2.24, 2.45) is 5.92 Å². The molecule has 4 rings (SSSR count). The zero-order valence-corrected chi connectivity index (χ0v) is 17.0. The fourth-order valence-electron chi connectivity index (χ4n) is 3.35. The summed E-state index contributed by atoms with van der Waals surface area (Å²) in [5, 5.41) is 13.0. The molecule has 2 aromatic rings.